The molecule has 0 radical (unpaired) electrons. The van der Waals surface area contributed by atoms with E-state index in [9.17, 15) is 8.78 Å². The lowest BCUT2D eigenvalue weighted by Crippen LogP contribution is -2.44. The van der Waals surface area contributed by atoms with Crippen LogP contribution in [-0.2, 0) is 0 Å². The Morgan fingerprint density at radius 3 is 2.18 bits per heavy atom. The molecule has 2 nitrogen and oxygen atoms in total. The summed E-state index contributed by atoms with van der Waals surface area (Å²) in [7, 11) is 0. The number of benzene rings is 2. The zero-order valence-corrected chi connectivity index (χ0v) is 12.7. The monoisotopic (exact) mass is 302 g/mol. The predicted octanol–water partition coefficient (Wildman–Crippen LogP) is 3.60. The second-order valence-electron chi connectivity index (χ2n) is 5.71. The van der Waals surface area contributed by atoms with Gasteiger partial charge in [-0.25, -0.2) is 8.78 Å². The van der Waals surface area contributed by atoms with Crippen molar-refractivity contribution in [3.63, 3.8) is 0 Å². The average Bonchev–Trinajstić information content (AvgIpc) is 2.58. The van der Waals surface area contributed by atoms with E-state index in [0.29, 0.717) is 11.6 Å². The van der Waals surface area contributed by atoms with E-state index in [1.165, 1.54) is 17.7 Å². The fourth-order valence-electron chi connectivity index (χ4n) is 2.91. The number of nitrogens with one attached hydrogen (secondary N) is 1. The quantitative estimate of drug-likeness (QED) is 0.932. The Balaban J connectivity index is 1.78. The molecule has 1 saturated heterocycles. The summed E-state index contributed by atoms with van der Waals surface area (Å²) in [5.41, 5.74) is 2.84. The molecule has 0 saturated carbocycles. The molecule has 1 unspecified atom stereocenters. The van der Waals surface area contributed by atoms with Crippen molar-refractivity contribution in [3.8, 4) is 11.1 Å². The summed E-state index contributed by atoms with van der Waals surface area (Å²) < 4.78 is 26.3. The average molecular weight is 302 g/mol. The first kappa shape index (κ1) is 15.1. The molecule has 3 rings (SSSR count). The topological polar surface area (TPSA) is 15.3 Å². The number of hydrogen-bond donors (Lipinski definition) is 1. The summed E-state index contributed by atoms with van der Waals surface area (Å²) in [6, 6.07) is 12.5. The van der Waals surface area contributed by atoms with Gasteiger partial charge in [0.2, 0.25) is 0 Å². The van der Waals surface area contributed by atoms with Crippen LogP contribution >= 0.6 is 0 Å². The molecule has 0 aromatic heterocycles. The summed E-state index contributed by atoms with van der Waals surface area (Å²) in [6.07, 6.45) is 0. The van der Waals surface area contributed by atoms with Crippen molar-refractivity contribution in [1.82, 2.24) is 10.2 Å². The standard InChI is InChI=1S/C18H20F2N2/c1-13(22-10-8-21-9-11-22)14-2-4-15(5-3-14)16-6-7-17(19)18(20)12-16/h2-7,12-13,21H,8-11H2,1H3. The number of halogens is 2. The van der Waals surface area contributed by atoms with Crippen molar-refractivity contribution in [2.24, 2.45) is 0 Å². The van der Waals surface area contributed by atoms with Gasteiger partial charge in [-0.05, 0) is 35.7 Å². The highest BCUT2D eigenvalue weighted by molar-refractivity contribution is 5.63. The van der Waals surface area contributed by atoms with E-state index in [4.69, 9.17) is 0 Å². The van der Waals surface area contributed by atoms with Crippen molar-refractivity contribution in [3.05, 3.63) is 59.7 Å². The molecule has 1 aliphatic rings. The molecule has 2 aromatic carbocycles. The molecule has 1 aliphatic heterocycles. The Bertz CT molecular complexity index is 634. The van der Waals surface area contributed by atoms with Gasteiger partial charge in [0.05, 0.1) is 0 Å². The lowest BCUT2D eigenvalue weighted by molar-refractivity contribution is 0.185. The third-order valence-electron chi connectivity index (χ3n) is 4.35. The Kier molecular flexibility index (Phi) is 4.50. The summed E-state index contributed by atoms with van der Waals surface area (Å²) in [5.74, 6) is -1.62. The second-order valence-corrected chi connectivity index (χ2v) is 5.71. The Morgan fingerprint density at radius 2 is 1.55 bits per heavy atom. The van der Waals surface area contributed by atoms with E-state index in [1.54, 1.807) is 6.07 Å². The summed E-state index contributed by atoms with van der Waals surface area (Å²) in [5, 5.41) is 3.35. The highest BCUT2D eigenvalue weighted by Crippen LogP contribution is 2.26. The molecule has 2 aromatic rings. The van der Waals surface area contributed by atoms with Gasteiger partial charge in [0.1, 0.15) is 0 Å². The molecule has 22 heavy (non-hydrogen) atoms. The third-order valence-corrected chi connectivity index (χ3v) is 4.35. The molecule has 1 atom stereocenters. The normalized spacial score (nSPS) is 17.4. The first-order valence-electron chi connectivity index (χ1n) is 7.65. The highest BCUT2D eigenvalue weighted by Gasteiger charge is 2.17. The number of hydrogen-bond acceptors (Lipinski definition) is 2. The van der Waals surface area contributed by atoms with Crippen molar-refractivity contribution in [1.29, 1.82) is 0 Å². The molecule has 0 spiro atoms. The van der Waals surface area contributed by atoms with Crippen LogP contribution in [0.15, 0.2) is 42.5 Å². The minimum atomic E-state index is -0.812. The lowest BCUT2D eigenvalue weighted by Gasteiger charge is -2.33. The number of nitrogens with zero attached hydrogens (tertiary/aromatic N) is 1. The predicted molar refractivity (Wildman–Crippen MR) is 84.7 cm³/mol. The van der Waals surface area contributed by atoms with Crippen LogP contribution in [0.1, 0.15) is 18.5 Å². The Labute approximate surface area is 129 Å². The van der Waals surface area contributed by atoms with Crippen molar-refractivity contribution in [2.75, 3.05) is 26.2 Å². The van der Waals surface area contributed by atoms with E-state index in [-0.39, 0.29) is 0 Å². The van der Waals surface area contributed by atoms with Gasteiger partial charge >= 0.3 is 0 Å². The van der Waals surface area contributed by atoms with Gasteiger partial charge in [-0.3, -0.25) is 4.90 Å². The largest absolute Gasteiger partial charge is 0.314 e. The lowest BCUT2D eigenvalue weighted by atomic mass is 10.0. The maximum Gasteiger partial charge on any atom is 0.159 e. The molecular weight excluding hydrogens is 282 g/mol. The second kappa shape index (κ2) is 6.55. The minimum Gasteiger partial charge on any atom is -0.314 e. The van der Waals surface area contributed by atoms with Gasteiger partial charge in [0.15, 0.2) is 11.6 Å². The van der Waals surface area contributed by atoms with E-state index in [1.807, 2.05) is 12.1 Å². The number of piperazine rings is 1. The number of rotatable bonds is 3. The molecule has 0 aliphatic carbocycles. The smallest absolute Gasteiger partial charge is 0.159 e. The maximum atomic E-state index is 13.3. The van der Waals surface area contributed by atoms with Crippen LogP contribution in [0.3, 0.4) is 0 Å². The van der Waals surface area contributed by atoms with Crippen molar-refractivity contribution < 1.29 is 8.78 Å². The Hall–Kier alpha value is -1.78. The van der Waals surface area contributed by atoms with Gasteiger partial charge < -0.3 is 5.32 Å². The van der Waals surface area contributed by atoms with Crippen LogP contribution in [0, 0.1) is 11.6 Å². The van der Waals surface area contributed by atoms with E-state index in [2.05, 4.69) is 29.3 Å². The molecule has 1 heterocycles. The van der Waals surface area contributed by atoms with Crippen LogP contribution in [0.4, 0.5) is 8.78 Å². The Morgan fingerprint density at radius 1 is 0.909 bits per heavy atom. The zero-order chi connectivity index (χ0) is 15.5. The minimum absolute atomic E-state index is 0.362. The molecular formula is C18H20F2N2. The molecule has 116 valence electrons. The third kappa shape index (κ3) is 3.18. The molecule has 0 amide bonds. The summed E-state index contributed by atoms with van der Waals surface area (Å²) in [6.45, 7) is 6.35. The highest BCUT2D eigenvalue weighted by atomic mass is 19.2. The van der Waals surface area contributed by atoms with E-state index >= 15 is 0 Å². The van der Waals surface area contributed by atoms with Gasteiger partial charge in [-0.1, -0.05) is 30.3 Å². The van der Waals surface area contributed by atoms with Crippen molar-refractivity contribution in [2.45, 2.75) is 13.0 Å². The fraction of sp³-hybridized carbons (Fsp3) is 0.333. The van der Waals surface area contributed by atoms with Crippen LogP contribution < -0.4 is 5.32 Å². The van der Waals surface area contributed by atoms with Gasteiger partial charge in [0, 0.05) is 32.2 Å². The SMILES string of the molecule is CC(c1ccc(-c2ccc(F)c(F)c2)cc1)N1CCNCC1. The van der Waals surface area contributed by atoms with E-state index < -0.39 is 11.6 Å². The van der Waals surface area contributed by atoms with Crippen LogP contribution in [0.25, 0.3) is 11.1 Å². The van der Waals surface area contributed by atoms with Gasteiger partial charge in [-0.2, -0.15) is 0 Å². The van der Waals surface area contributed by atoms with Crippen LogP contribution in [-0.4, -0.2) is 31.1 Å². The van der Waals surface area contributed by atoms with Gasteiger partial charge in [-0.15, -0.1) is 0 Å². The maximum absolute atomic E-state index is 13.3. The molecule has 0 bridgehead atoms. The fourth-order valence-corrected chi connectivity index (χ4v) is 2.91. The van der Waals surface area contributed by atoms with Gasteiger partial charge in [0.25, 0.3) is 0 Å². The zero-order valence-electron chi connectivity index (χ0n) is 12.7. The summed E-state index contributed by atoms with van der Waals surface area (Å²) in [4.78, 5) is 2.45. The van der Waals surface area contributed by atoms with Crippen LogP contribution in [0.5, 0.6) is 0 Å². The van der Waals surface area contributed by atoms with E-state index in [0.717, 1.165) is 31.7 Å². The van der Waals surface area contributed by atoms with Crippen LogP contribution in [0.2, 0.25) is 0 Å². The molecule has 4 heteroatoms. The first-order valence-corrected chi connectivity index (χ1v) is 7.65. The first-order chi connectivity index (χ1) is 10.6. The summed E-state index contributed by atoms with van der Waals surface area (Å²) >= 11 is 0. The van der Waals surface area contributed by atoms with Crippen molar-refractivity contribution >= 4 is 0 Å². The molecule has 1 fully saturated rings. The molecule has 1 N–H and O–H groups in total.